The lowest BCUT2D eigenvalue weighted by molar-refractivity contribution is 0.477. The molecular weight excluding hydrogens is 301 g/mol. The van der Waals surface area contributed by atoms with Gasteiger partial charge in [0.1, 0.15) is 5.82 Å². The topological polar surface area (TPSA) is 12.0 Å². The standard InChI is InChI=1S/C17H26FNS2/c1-3-9-19-15(12-13-5-7-14(18)8-6-13)17-16(4-2)20-10-11-21-17/h5-8,15-17,19H,3-4,9-12H2,1-2H3. The predicted molar refractivity (Wildman–Crippen MR) is 95.0 cm³/mol. The van der Waals surface area contributed by atoms with E-state index in [9.17, 15) is 4.39 Å². The Bertz CT molecular complexity index is 410. The highest BCUT2D eigenvalue weighted by Gasteiger charge is 2.31. The molecule has 4 heteroatoms. The number of nitrogens with one attached hydrogen (secondary N) is 1. The summed E-state index contributed by atoms with van der Waals surface area (Å²) in [5.74, 6) is 2.38. The number of benzene rings is 1. The van der Waals surface area contributed by atoms with Crippen molar-refractivity contribution in [3.8, 4) is 0 Å². The molecule has 1 N–H and O–H groups in total. The fraction of sp³-hybridized carbons (Fsp3) is 0.647. The molecule has 21 heavy (non-hydrogen) atoms. The van der Waals surface area contributed by atoms with Crippen LogP contribution in [0.4, 0.5) is 4.39 Å². The van der Waals surface area contributed by atoms with E-state index in [0.29, 0.717) is 11.3 Å². The van der Waals surface area contributed by atoms with Crippen molar-refractivity contribution in [1.29, 1.82) is 0 Å². The van der Waals surface area contributed by atoms with Crippen LogP contribution in [0.1, 0.15) is 32.3 Å². The van der Waals surface area contributed by atoms with Crippen molar-refractivity contribution >= 4 is 23.5 Å². The maximum absolute atomic E-state index is 13.1. The summed E-state index contributed by atoms with van der Waals surface area (Å²) < 4.78 is 13.1. The summed E-state index contributed by atoms with van der Waals surface area (Å²) in [7, 11) is 0. The van der Waals surface area contributed by atoms with Crippen LogP contribution in [0.5, 0.6) is 0 Å². The first-order chi connectivity index (χ1) is 10.2. The molecule has 0 saturated carbocycles. The molecule has 0 aliphatic carbocycles. The average molecular weight is 328 g/mol. The molecule has 1 fully saturated rings. The minimum absolute atomic E-state index is 0.147. The third-order valence-electron chi connectivity index (χ3n) is 3.92. The molecular formula is C17H26FNS2. The van der Waals surface area contributed by atoms with Crippen molar-refractivity contribution < 1.29 is 4.39 Å². The lowest BCUT2D eigenvalue weighted by Gasteiger charge is -2.36. The van der Waals surface area contributed by atoms with Crippen molar-refractivity contribution in [3.05, 3.63) is 35.6 Å². The van der Waals surface area contributed by atoms with Gasteiger partial charge in [-0.2, -0.15) is 23.5 Å². The number of hydrogen-bond acceptors (Lipinski definition) is 3. The van der Waals surface area contributed by atoms with Gasteiger partial charge < -0.3 is 5.32 Å². The molecule has 1 aromatic rings. The Labute approximate surface area is 136 Å². The molecule has 3 unspecified atom stereocenters. The van der Waals surface area contributed by atoms with Crippen LogP contribution in [0, 0.1) is 5.82 Å². The second-order valence-electron chi connectivity index (χ2n) is 5.54. The first-order valence-corrected chi connectivity index (χ1v) is 10.0. The minimum atomic E-state index is -0.147. The quantitative estimate of drug-likeness (QED) is 0.799. The van der Waals surface area contributed by atoms with Crippen LogP contribution in [0.2, 0.25) is 0 Å². The van der Waals surface area contributed by atoms with Gasteiger partial charge in [-0.1, -0.05) is 26.0 Å². The van der Waals surface area contributed by atoms with Crippen LogP contribution in [-0.2, 0) is 6.42 Å². The maximum Gasteiger partial charge on any atom is 0.123 e. The lowest BCUT2D eigenvalue weighted by Crippen LogP contribution is -2.46. The smallest absolute Gasteiger partial charge is 0.123 e. The highest BCUT2D eigenvalue weighted by atomic mass is 32.2. The zero-order valence-corrected chi connectivity index (χ0v) is 14.6. The molecule has 1 aliphatic heterocycles. The Morgan fingerprint density at radius 1 is 1.19 bits per heavy atom. The Hall–Kier alpha value is -0.190. The fourth-order valence-corrected chi connectivity index (χ4v) is 6.08. The molecule has 1 saturated heterocycles. The average Bonchev–Trinajstić information content (AvgIpc) is 2.53. The molecule has 3 atom stereocenters. The van der Waals surface area contributed by atoms with E-state index in [1.54, 1.807) is 12.1 Å². The highest BCUT2D eigenvalue weighted by Crippen LogP contribution is 2.36. The van der Waals surface area contributed by atoms with Crippen LogP contribution < -0.4 is 5.32 Å². The van der Waals surface area contributed by atoms with Crippen LogP contribution >= 0.6 is 23.5 Å². The van der Waals surface area contributed by atoms with E-state index in [1.807, 2.05) is 12.1 Å². The van der Waals surface area contributed by atoms with Gasteiger partial charge in [0.25, 0.3) is 0 Å². The van der Waals surface area contributed by atoms with Gasteiger partial charge in [0.2, 0.25) is 0 Å². The van der Waals surface area contributed by atoms with Crippen molar-refractivity contribution in [2.45, 2.75) is 49.7 Å². The number of rotatable bonds is 7. The minimum Gasteiger partial charge on any atom is -0.313 e. The van der Waals surface area contributed by atoms with Gasteiger partial charge in [-0.3, -0.25) is 0 Å². The summed E-state index contributed by atoms with van der Waals surface area (Å²) in [5.41, 5.74) is 1.23. The summed E-state index contributed by atoms with van der Waals surface area (Å²) in [6, 6.07) is 7.49. The number of halogens is 1. The molecule has 0 bridgehead atoms. The van der Waals surface area contributed by atoms with Gasteiger partial charge in [-0.25, -0.2) is 4.39 Å². The van der Waals surface area contributed by atoms with Gasteiger partial charge in [0.15, 0.2) is 0 Å². The third kappa shape index (κ3) is 5.19. The van der Waals surface area contributed by atoms with Gasteiger partial charge >= 0.3 is 0 Å². The molecule has 1 nitrogen and oxygen atoms in total. The second kappa shape index (κ2) is 9.06. The molecule has 0 spiro atoms. The zero-order valence-electron chi connectivity index (χ0n) is 13.0. The molecule has 0 radical (unpaired) electrons. The Kier molecular flexibility index (Phi) is 7.41. The Morgan fingerprint density at radius 3 is 2.57 bits per heavy atom. The molecule has 0 amide bonds. The number of hydrogen-bond donors (Lipinski definition) is 1. The Morgan fingerprint density at radius 2 is 1.90 bits per heavy atom. The molecule has 1 heterocycles. The van der Waals surface area contributed by atoms with E-state index in [2.05, 4.69) is 42.7 Å². The normalized spacial score (nSPS) is 24.0. The van der Waals surface area contributed by atoms with Gasteiger partial charge in [-0.05, 0) is 43.5 Å². The van der Waals surface area contributed by atoms with Crippen molar-refractivity contribution in [2.75, 3.05) is 18.1 Å². The summed E-state index contributed by atoms with van der Waals surface area (Å²) >= 11 is 4.24. The van der Waals surface area contributed by atoms with Gasteiger partial charge in [-0.15, -0.1) is 0 Å². The molecule has 1 aliphatic rings. The van der Waals surface area contributed by atoms with E-state index < -0.39 is 0 Å². The lowest BCUT2D eigenvalue weighted by atomic mass is 10.00. The van der Waals surface area contributed by atoms with E-state index in [0.717, 1.165) is 24.6 Å². The number of thioether (sulfide) groups is 2. The summed E-state index contributed by atoms with van der Waals surface area (Å²) in [6.07, 6.45) is 3.38. The second-order valence-corrected chi connectivity index (χ2v) is 8.18. The maximum atomic E-state index is 13.1. The van der Waals surface area contributed by atoms with Crippen molar-refractivity contribution in [2.24, 2.45) is 0 Å². The van der Waals surface area contributed by atoms with E-state index >= 15 is 0 Å². The Balaban J connectivity index is 2.06. The largest absolute Gasteiger partial charge is 0.313 e. The van der Waals surface area contributed by atoms with Crippen molar-refractivity contribution in [1.82, 2.24) is 5.32 Å². The predicted octanol–water partition coefficient (Wildman–Crippen LogP) is 4.36. The molecule has 0 aromatic heterocycles. The van der Waals surface area contributed by atoms with Crippen LogP contribution in [0.15, 0.2) is 24.3 Å². The van der Waals surface area contributed by atoms with Crippen LogP contribution in [-0.4, -0.2) is 34.6 Å². The van der Waals surface area contributed by atoms with Gasteiger partial charge in [0, 0.05) is 28.0 Å². The third-order valence-corrected chi connectivity index (χ3v) is 7.32. The molecule has 2 rings (SSSR count). The highest BCUT2D eigenvalue weighted by molar-refractivity contribution is 8.07. The SMILES string of the molecule is CCCNC(Cc1ccc(F)cc1)C1SCCSC1CC. The molecule has 118 valence electrons. The van der Waals surface area contributed by atoms with E-state index in [1.165, 1.54) is 23.5 Å². The van der Waals surface area contributed by atoms with E-state index in [4.69, 9.17) is 0 Å². The van der Waals surface area contributed by atoms with Crippen LogP contribution in [0.3, 0.4) is 0 Å². The van der Waals surface area contributed by atoms with Crippen LogP contribution in [0.25, 0.3) is 0 Å². The molecule has 1 aromatic carbocycles. The van der Waals surface area contributed by atoms with E-state index in [-0.39, 0.29) is 5.82 Å². The zero-order chi connectivity index (χ0) is 15.1. The van der Waals surface area contributed by atoms with Gasteiger partial charge in [0.05, 0.1) is 0 Å². The first kappa shape index (κ1) is 17.2. The fourth-order valence-electron chi connectivity index (χ4n) is 2.82. The summed E-state index contributed by atoms with van der Waals surface area (Å²) in [5, 5.41) is 5.13. The monoisotopic (exact) mass is 327 g/mol. The summed E-state index contributed by atoms with van der Waals surface area (Å²) in [4.78, 5) is 0. The summed E-state index contributed by atoms with van der Waals surface area (Å²) in [6.45, 7) is 5.57. The van der Waals surface area contributed by atoms with Crippen molar-refractivity contribution in [3.63, 3.8) is 0 Å². The first-order valence-electron chi connectivity index (χ1n) is 7.95.